The van der Waals surface area contributed by atoms with E-state index in [9.17, 15) is 0 Å². The van der Waals surface area contributed by atoms with Crippen LogP contribution in [0.3, 0.4) is 0 Å². The van der Waals surface area contributed by atoms with Gasteiger partial charge in [-0.2, -0.15) is 0 Å². The molecule has 0 N–H and O–H groups in total. The molecule has 2 aliphatic rings. The second-order valence-corrected chi connectivity index (χ2v) is 17.3. The number of fused-ring (bicyclic) bond motifs is 1. The van der Waals surface area contributed by atoms with E-state index in [1.54, 1.807) is 6.20 Å². The molecule has 0 bridgehead atoms. The summed E-state index contributed by atoms with van der Waals surface area (Å²) in [5.41, 5.74) is 19.1. The number of benzene rings is 5. The maximum atomic E-state index is 4.90. The number of aryl methyl sites for hydroxylation is 4. The third-order valence-electron chi connectivity index (χ3n) is 11.1. The number of rotatable bonds is 3. The molecule has 0 saturated heterocycles. The zero-order valence-corrected chi connectivity index (χ0v) is 37.3. The first-order valence-electron chi connectivity index (χ1n) is 20.4. The SMILES string of the molecule is CC(C)(C)c1cc[c-]c(-c2cc(C(C)(C)C)ccn2)c1.[Ir+3].[c-]1c(-c2ccc3ccccc3n2)cc2c3c1CCc1cccc(c1-3)CC2.[c-]1ccccc1-c1ccccn1. The van der Waals surface area contributed by atoms with Crippen LogP contribution in [0.4, 0.5) is 0 Å². The molecule has 294 valence electrons. The van der Waals surface area contributed by atoms with Crippen molar-refractivity contribution in [2.24, 2.45) is 0 Å². The van der Waals surface area contributed by atoms with Crippen molar-refractivity contribution in [1.29, 1.82) is 0 Å². The Bertz CT molecular complexity index is 2550. The first kappa shape index (κ1) is 41.6. The molecule has 0 amide bonds. The standard InChI is InChI=1S/C25H18N.C19H24N.C11H8N.Ir/c1-2-7-22-16(4-1)12-13-23(26-22)21-14-19-10-8-17-5-3-6-18-9-11-20(15-21)25(19)24(17)18;1-18(2,3)15-9-7-8-14(12-15)17-13-16(10-11-20-17)19(4,5)6;1-2-6-10(7-3-1)11-8-4-5-9-12-11;/h1-7,12-14H,8-11H2;7,9-13H,1-6H3;1-6,8-9H;/q3*-1;+3. The van der Waals surface area contributed by atoms with Crippen molar-refractivity contribution in [3.05, 3.63) is 197 Å². The number of pyridine rings is 3. The molecule has 0 spiro atoms. The van der Waals surface area contributed by atoms with Gasteiger partial charge in [0.1, 0.15) is 0 Å². The zero-order chi connectivity index (χ0) is 40.3. The van der Waals surface area contributed by atoms with Gasteiger partial charge in [0.2, 0.25) is 0 Å². The molecule has 0 unspecified atom stereocenters. The molecule has 8 aromatic rings. The van der Waals surface area contributed by atoms with Gasteiger partial charge in [0, 0.05) is 12.4 Å². The molecule has 0 aliphatic heterocycles. The summed E-state index contributed by atoms with van der Waals surface area (Å²) in [5.74, 6) is 0. The number of nitrogens with zero attached hydrogens (tertiary/aromatic N) is 3. The first-order valence-corrected chi connectivity index (χ1v) is 20.4. The third-order valence-corrected chi connectivity index (χ3v) is 11.1. The molecule has 3 aromatic heterocycles. The molecular formula is C55H50IrN3. The van der Waals surface area contributed by atoms with Gasteiger partial charge in [-0.1, -0.05) is 119 Å². The van der Waals surface area contributed by atoms with Crippen LogP contribution >= 0.6 is 0 Å². The van der Waals surface area contributed by atoms with E-state index in [1.807, 2.05) is 54.7 Å². The Labute approximate surface area is 364 Å². The van der Waals surface area contributed by atoms with Gasteiger partial charge in [0.25, 0.3) is 0 Å². The van der Waals surface area contributed by atoms with Crippen LogP contribution in [-0.2, 0) is 56.6 Å². The summed E-state index contributed by atoms with van der Waals surface area (Å²) in [6, 6.07) is 56.3. The minimum Gasteiger partial charge on any atom is -0.305 e. The van der Waals surface area contributed by atoms with Gasteiger partial charge in [-0.25, -0.2) is 0 Å². The molecule has 0 atom stereocenters. The Morgan fingerprint density at radius 2 is 1.17 bits per heavy atom. The average Bonchev–Trinajstić information content (AvgIpc) is 3.26. The van der Waals surface area contributed by atoms with Crippen LogP contribution in [0, 0.1) is 18.2 Å². The van der Waals surface area contributed by atoms with Crippen LogP contribution in [0.2, 0.25) is 0 Å². The molecule has 0 radical (unpaired) electrons. The topological polar surface area (TPSA) is 38.7 Å². The Balaban J connectivity index is 0.000000143. The summed E-state index contributed by atoms with van der Waals surface area (Å²) in [4.78, 5) is 13.6. The molecule has 3 nitrogen and oxygen atoms in total. The van der Waals surface area contributed by atoms with E-state index in [2.05, 4.69) is 155 Å². The van der Waals surface area contributed by atoms with E-state index in [0.717, 1.165) is 65.0 Å². The average molecular weight is 945 g/mol. The largest absolute Gasteiger partial charge is 3.00 e. The summed E-state index contributed by atoms with van der Waals surface area (Å²) in [6.07, 6.45) is 8.16. The Hall–Kier alpha value is -5.54. The minimum atomic E-state index is 0. The van der Waals surface area contributed by atoms with E-state index in [1.165, 1.54) is 49.9 Å². The van der Waals surface area contributed by atoms with Crippen LogP contribution in [-0.4, -0.2) is 15.0 Å². The molecule has 0 saturated carbocycles. The van der Waals surface area contributed by atoms with Gasteiger partial charge >= 0.3 is 20.1 Å². The quantitative estimate of drug-likeness (QED) is 0.166. The van der Waals surface area contributed by atoms with Crippen LogP contribution < -0.4 is 0 Å². The van der Waals surface area contributed by atoms with Crippen molar-refractivity contribution in [3.8, 4) is 44.9 Å². The van der Waals surface area contributed by atoms with Crippen LogP contribution in [0.1, 0.15) is 74.9 Å². The number of hydrogen-bond acceptors (Lipinski definition) is 3. The fraction of sp³-hybridized carbons (Fsp3) is 0.218. The molecule has 10 rings (SSSR count). The van der Waals surface area contributed by atoms with Crippen molar-refractivity contribution in [1.82, 2.24) is 15.0 Å². The van der Waals surface area contributed by atoms with Gasteiger partial charge in [-0.05, 0) is 93.9 Å². The van der Waals surface area contributed by atoms with Crippen LogP contribution in [0.25, 0.3) is 55.8 Å². The monoisotopic (exact) mass is 945 g/mol. The Morgan fingerprint density at radius 3 is 1.92 bits per heavy atom. The number of aromatic nitrogens is 3. The molecule has 2 aliphatic carbocycles. The molecule has 3 heterocycles. The molecular weight excluding hydrogens is 895 g/mol. The van der Waals surface area contributed by atoms with Crippen LogP contribution in [0.5, 0.6) is 0 Å². The van der Waals surface area contributed by atoms with Crippen molar-refractivity contribution >= 4 is 10.9 Å². The number of hydrogen-bond donors (Lipinski definition) is 0. The molecule has 59 heavy (non-hydrogen) atoms. The van der Waals surface area contributed by atoms with Crippen LogP contribution in [0.15, 0.2) is 146 Å². The second-order valence-electron chi connectivity index (χ2n) is 17.3. The van der Waals surface area contributed by atoms with Gasteiger partial charge in [-0.15, -0.1) is 100 Å². The van der Waals surface area contributed by atoms with E-state index in [4.69, 9.17) is 4.98 Å². The fourth-order valence-electron chi connectivity index (χ4n) is 7.87. The summed E-state index contributed by atoms with van der Waals surface area (Å²) < 4.78 is 0. The third kappa shape index (κ3) is 9.52. The summed E-state index contributed by atoms with van der Waals surface area (Å²) in [5, 5.41) is 1.19. The predicted molar refractivity (Wildman–Crippen MR) is 241 cm³/mol. The van der Waals surface area contributed by atoms with E-state index in [-0.39, 0.29) is 30.9 Å². The van der Waals surface area contributed by atoms with Gasteiger partial charge in [0.15, 0.2) is 0 Å². The Morgan fingerprint density at radius 1 is 0.475 bits per heavy atom. The minimum absolute atomic E-state index is 0. The fourth-order valence-corrected chi connectivity index (χ4v) is 7.87. The van der Waals surface area contributed by atoms with Gasteiger partial charge in [-0.3, -0.25) is 4.98 Å². The Kier molecular flexibility index (Phi) is 12.5. The second kappa shape index (κ2) is 17.8. The maximum absolute atomic E-state index is 4.90. The van der Waals surface area contributed by atoms with Crippen molar-refractivity contribution in [2.45, 2.75) is 78.1 Å². The molecule has 4 heteroatoms. The summed E-state index contributed by atoms with van der Waals surface area (Å²) >= 11 is 0. The van der Waals surface area contributed by atoms with E-state index < -0.39 is 0 Å². The van der Waals surface area contributed by atoms with Gasteiger partial charge < -0.3 is 9.97 Å². The van der Waals surface area contributed by atoms with Gasteiger partial charge in [0.05, 0.1) is 5.52 Å². The van der Waals surface area contributed by atoms with E-state index in [0.29, 0.717) is 0 Å². The van der Waals surface area contributed by atoms with Crippen molar-refractivity contribution < 1.29 is 20.1 Å². The predicted octanol–water partition coefficient (Wildman–Crippen LogP) is 13.3. The summed E-state index contributed by atoms with van der Waals surface area (Å²) in [7, 11) is 0. The van der Waals surface area contributed by atoms with E-state index >= 15 is 0 Å². The van der Waals surface area contributed by atoms with Crippen molar-refractivity contribution in [2.75, 3.05) is 0 Å². The first-order chi connectivity index (χ1) is 28.0. The number of para-hydroxylation sites is 1. The normalized spacial score (nSPS) is 12.5. The van der Waals surface area contributed by atoms with Crippen molar-refractivity contribution in [3.63, 3.8) is 0 Å². The molecule has 0 fully saturated rings. The smallest absolute Gasteiger partial charge is 0.305 e. The zero-order valence-electron chi connectivity index (χ0n) is 34.9. The maximum Gasteiger partial charge on any atom is 3.00 e. The summed E-state index contributed by atoms with van der Waals surface area (Å²) in [6.45, 7) is 13.4. The molecule has 5 aromatic carbocycles.